The van der Waals surface area contributed by atoms with Gasteiger partial charge in [-0.3, -0.25) is 9.69 Å². The minimum absolute atomic E-state index is 0.306. The number of ether oxygens (including phenoxy) is 1. The van der Waals surface area contributed by atoms with Gasteiger partial charge in [0.25, 0.3) is 0 Å². The zero-order valence-corrected chi connectivity index (χ0v) is 33.1. The predicted molar refractivity (Wildman–Crippen MR) is 209 cm³/mol. The molecule has 0 saturated carbocycles. The zero-order chi connectivity index (χ0) is 37.4. The van der Waals surface area contributed by atoms with Crippen LogP contribution in [-0.4, -0.2) is 89.0 Å². The summed E-state index contributed by atoms with van der Waals surface area (Å²) in [5.74, 6) is -0.526. The fraction of sp³-hybridized carbons (Fsp3) is 0.951. The zero-order valence-electron chi connectivity index (χ0n) is 33.1. The number of amides is 3. The summed E-state index contributed by atoms with van der Waals surface area (Å²) >= 11 is 0. The molecule has 10 nitrogen and oxygen atoms in total. The van der Waals surface area contributed by atoms with Crippen molar-refractivity contribution in [2.24, 2.45) is 5.73 Å². The fourth-order valence-electron chi connectivity index (χ4n) is 7.20. The largest absolute Gasteiger partial charge is 0.394 e. The predicted octanol–water partition coefficient (Wildman–Crippen LogP) is 7.84. The standard InChI is InChI=1S/C41H82N4O6/c1-3-5-7-9-11-13-15-17-18-19-20-22-24-26-28-30-32-45(40-37(44-36(47)33-42)39(49)38(48)35(34-46)51-40)41(50)43-31-29-27-25-23-21-16-14-12-10-8-6-4-2/h35,37-40,46,48-49H,3-34,42H2,1-2H3,(H,43,50)(H,44,47)/t35-,37-,38-,39-,40-/m1/s1. The monoisotopic (exact) mass is 727 g/mol. The van der Waals surface area contributed by atoms with E-state index in [1.165, 1.54) is 140 Å². The van der Waals surface area contributed by atoms with Crippen LogP contribution in [-0.2, 0) is 9.53 Å². The molecule has 1 aliphatic heterocycles. The van der Waals surface area contributed by atoms with Crippen molar-refractivity contribution in [2.75, 3.05) is 26.2 Å². The van der Waals surface area contributed by atoms with Crippen LogP contribution in [0.15, 0.2) is 0 Å². The molecule has 0 unspecified atom stereocenters. The van der Waals surface area contributed by atoms with Gasteiger partial charge in [0.15, 0.2) is 6.23 Å². The Labute approximate surface area is 312 Å². The molecular formula is C41H82N4O6. The van der Waals surface area contributed by atoms with E-state index in [4.69, 9.17) is 10.5 Å². The fourth-order valence-corrected chi connectivity index (χ4v) is 7.20. The van der Waals surface area contributed by atoms with E-state index in [9.17, 15) is 24.9 Å². The lowest BCUT2D eigenvalue weighted by Crippen LogP contribution is -2.69. The number of rotatable bonds is 34. The SMILES string of the molecule is CCCCCCCCCCCCCCCCCCN(C(=O)NCCCCCCCCCCCCCC)[C@@H]1O[C@H](CO)[C@@H](O)[C@H](O)[C@H]1NC(=O)CN. The molecule has 5 atom stereocenters. The van der Waals surface area contributed by atoms with E-state index in [1.807, 2.05) is 0 Å². The van der Waals surface area contributed by atoms with E-state index in [0.29, 0.717) is 13.1 Å². The molecule has 1 saturated heterocycles. The minimum atomic E-state index is -1.44. The number of nitrogens with one attached hydrogen (secondary N) is 2. The van der Waals surface area contributed by atoms with E-state index in [-0.39, 0.29) is 12.6 Å². The van der Waals surface area contributed by atoms with Gasteiger partial charge in [-0.1, -0.05) is 181 Å². The van der Waals surface area contributed by atoms with Gasteiger partial charge < -0.3 is 36.4 Å². The van der Waals surface area contributed by atoms with Crippen LogP contribution < -0.4 is 16.4 Å². The maximum Gasteiger partial charge on any atom is 0.319 e. The number of aliphatic hydroxyl groups is 3. The van der Waals surface area contributed by atoms with Gasteiger partial charge in [0.05, 0.1) is 13.2 Å². The number of carbonyl (C=O) groups excluding carboxylic acids is 2. The van der Waals surface area contributed by atoms with Gasteiger partial charge in [0, 0.05) is 13.1 Å². The molecule has 302 valence electrons. The number of hydrogen-bond donors (Lipinski definition) is 6. The summed E-state index contributed by atoms with van der Waals surface area (Å²) in [6.45, 7) is 4.57. The molecule has 1 fully saturated rings. The van der Waals surface area contributed by atoms with Crippen molar-refractivity contribution in [3.63, 3.8) is 0 Å². The van der Waals surface area contributed by atoms with Gasteiger partial charge in [-0.25, -0.2) is 4.79 Å². The summed E-state index contributed by atoms with van der Waals surface area (Å²) in [6, 6.07) is -1.42. The Morgan fingerprint density at radius 3 is 1.39 bits per heavy atom. The lowest BCUT2D eigenvalue weighted by Gasteiger charge is -2.46. The van der Waals surface area contributed by atoms with Gasteiger partial charge >= 0.3 is 6.03 Å². The quantitative estimate of drug-likeness (QED) is 0.0369. The van der Waals surface area contributed by atoms with Crippen LogP contribution in [0.3, 0.4) is 0 Å². The third-order valence-electron chi connectivity index (χ3n) is 10.5. The molecule has 0 aliphatic carbocycles. The van der Waals surface area contributed by atoms with Gasteiger partial charge in [0.1, 0.15) is 24.4 Å². The summed E-state index contributed by atoms with van der Waals surface area (Å²) in [5, 5.41) is 37.0. The first-order chi connectivity index (χ1) is 24.9. The van der Waals surface area contributed by atoms with Crippen molar-refractivity contribution in [1.82, 2.24) is 15.5 Å². The van der Waals surface area contributed by atoms with Crippen LogP contribution in [0, 0.1) is 0 Å². The second-order valence-corrected chi connectivity index (χ2v) is 15.1. The Hall–Kier alpha value is -1.46. The number of aliphatic hydroxyl groups excluding tert-OH is 3. The molecule has 0 aromatic carbocycles. The summed E-state index contributed by atoms with van der Waals surface area (Å²) in [7, 11) is 0. The van der Waals surface area contributed by atoms with E-state index in [2.05, 4.69) is 24.5 Å². The normalized spacial score (nSPS) is 20.4. The summed E-state index contributed by atoms with van der Waals surface area (Å²) in [4.78, 5) is 27.4. The third kappa shape index (κ3) is 23.0. The molecule has 0 aromatic heterocycles. The van der Waals surface area contributed by atoms with Crippen LogP contribution in [0.1, 0.15) is 194 Å². The lowest BCUT2D eigenvalue weighted by atomic mass is 9.95. The molecule has 1 rings (SSSR count). The van der Waals surface area contributed by atoms with Crippen LogP contribution in [0.5, 0.6) is 0 Å². The van der Waals surface area contributed by atoms with E-state index >= 15 is 0 Å². The first-order valence-electron chi connectivity index (χ1n) is 21.6. The second kappa shape index (κ2) is 33.1. The molecule has 0 aromatic rings. The van der Waals surface area contributed by atoms with Crippen molar-refractivity contribution < 1.29 is 29.6 Å². The smallest absolute Gasteiger partial charge is 0.319 e. The molecule has 1 heterocycles. The Balaban J connectivity index is 2.51. The Kier molecular flexibility index (Phi) is 30.9. The van der Waals surface area contributed by atoms with Gasteiger partial charge in [-0.2, -0.15) is 0 Å². The molecule has 0 radical (unpaired) electrons. The first kappa shape index (κ1) is 47.6. The number of unbranched alkanes of at least 4 members (excludes halogenated alkanes) is 26. The van der Waals surface area contributed by atoms with Crippen molar-refractivity contribution in [3.05, 3.63) is 0 Å². The number of urea groups is 1. The highest BCUT2D eigenvalue weighted by molar-refractivity contribution is 5.78. The molecule has 51 heavy (non-hydrogen) atoms. The van der Waals surface area contributed by atoms with Crippen molar-refractivity contribution >= 4 is 11.9 Å². The van der Waals surface area contributed by atoms with E-state index in [0.717, 1.165) is 44.9 Å². The number of carbonyl (C=O) groups is 2. The average Bonchev–Trinajstić information content (AvgIpc) is 3.13. The Morgan fingerprint density at radius 1 is 0.608 bits per heavy atom. The average molecular weight is 727 g/mol. The van der Waals surface area contributed by atoms with Crippen LogP contribution >= 0.6 is 0 Å². The van der Waals surface area contributed by atoms with Crippen molar-refractivity contribution in [2.45, 2.75) is 224 Å². The minimum Gasteiger partial charge on any atom is -0.394 e. The Bertz CT molecular complexity index is 821. The van der Waals surface area contributed by atoms with Gasteiger partial charge in [-0.15, -0.1) is 0 Å². The first-order valence-corrected chi connectivity index (χ1v) is 21.6. The number of hydrogen-bond acceptors (Lipinski definition) is 7. The molecular weight excluding hydrogens is 644 g/mol. The van der Waals surface area contributed by atoms with E-state index < -0.39 is 43.1 Å². The van der Waals surface area contributed by atoms with Gasteiger partial charge in [0.2, 0.25) is 5.91 Å². The third-order valence-corrected chi connectivity index (χ3v) is 10.5. The summed E-state index contributed by atoms with van der Waals surface area (Å²) < 4.78 is 6.01. The highest BCUT2D eigenvalue weighted by atomic mass is 16.5. The van der Waals surface area contributed by atoms with Crippen molar-refractivity contribution in [1.29, 1.82) is 0 Å². The molecule has 1 aliphatic rings. The highest BCUT2D eigenvalue weighted by Gasteiger charge is 2.48. The number of nitrogens with two attached hydrogens (primary N) is 1. The van der Waals surface area contributed by atoms with Crippen LogP contribution in [0.25, 0.3) is 0 Å². The molecule has 0 bridgehead atoms. The second-order valence-electron chi connectivity index (χ2n) is 15.1. The van der Waals surface area contributed by atoms with Gasteiger partial charge in [-0.05, 0) is 12.8 Å². The van der Waals surface area contributed by atoms with Crippen LogP contribution in [0.2, 0.25) is 0 Å². The Morgan fingerprint density at radius 2 is 1.00 bits per heavy atom. The number of nitrogens with zero attached hydrogens (tertiary/aromatic N) is 1. The summed E-state index contributed by atoms with van der Waals surface area (Å²) in [5.41, 5.74) is 5.54. The maximum atomic E-state index is 13.6. The van der Waals surface area contributed by atoms with Crippen molar-refractivity contribution in [3.8, 4) is 0 Å². The molecule has 3 amide bonds. The highest BCUT2D eigenvalue weighted by Crippen LogP contribution is 2.25. The summed E-state index contributed by atoms with van der Waals surface area (Å²) in [6.07, 6.45) is 29.9. The van der Waals surface area contributed by atoms with Crippen LogP contribution in [0.4, 0.5) is 4.79 Å². The molecule has 10 heteroatoms. The topological polar surface area (TPSA) is 157 Å². The van der Waals surface area contributed by atoms with E-state index in [1.54, 1.807) is 0 Å². The lowest BCUT2D eigenvalue weighted by molar-refractivity contribution is -0.224. The maximum absolute atomic E-state index is 13.6. The molecule has 0 spiro atoms. The molecule has 7 N–H and O–H groups in total.